The number of carbonyl (C=O) groups excluding carboxylic acids is 1. The molecule has 0 saturated carbocycles. The van der Waals surface area contributed by atoms with E-state index in [2.05, 4.69) is 5.32 Å². The smallest absolute Gasteiger partial charge is 0.266 e. The third-order valence-electron chi connectivity index (χ3n) is 4.51. The molecule has 3 rings (SSSR count). The van der Waals surface area contributed by atoms with Gasteiger partial charge in [-0.2, -0.15) is 5.26 Å². The molecule has 0 saturated heterocycles. The van der Waals surface area contributed by atoms with E-state index in [1.54, 1.807) is 43.5 Å². The number of methoxy groups -OCH3 is 1. The quantitative estimate of drug-likeness (QED) is 0.379. The number of benzene rings is 3. The maximum absolute atomic E-state index is 12.5. The Hall–Kier alpha value is -3.75. The Morgan fingerprint density at radius 1 is 1.10 bits per heavy atom. The van der Waals surface area contributed by atoms with E-state index in [1.807, 2.05) is 43.3 Å². The first-order valence-electron chi connectivity index (χ1n) is 9.54. The summed E-state index contributed by atoms with van der Waals surface area (Å²) in [7, 11) is 1.54. The molecule has 0 spiro atoms. The zero-order chi connectivity index (χ0) is 22.2. The van der Waals surface area contributed by atoms with Crippen LogP contribution < -0.4 is 14.8 Å². The van der Waals surface area contributed by atoms with E-state index in [-0.39, 0.29) is 12.2 Å². The highest BCUT2D eigenvalue weighted by Crippen LogP contribution is 2.30. The van der Waals surface area contributed by atoms with Gasteiger partial charge in [0.15, 0.2) is 11.5 Å². The van der Waals surface area contributed by atoms with E-state index in [9.17, 15) is 10.1 Å². The molecule has 0 aliphatic heterocycles. The molecule has 0 radical (unpaired) electrons. The molecular formula is C25H21ClN2O3. The lowest BCUT2D eigenvalue weighted by molar-refractivity contribution is -0.112. The van der Waals surface area contributed by atoms with Crippen LogP contribution in [0.2, 0.25) is 5.02 Å². The topological polar surface area (TPSA) is 71.3 Å². The normalized spacial score (nSPS) is 10.8. The van der Waals surface area contributed by atoms with E-state index in [0.717, 1.165) is 11.1 Å². The molecule has 1 amide bonds. The molecule has 0 heterocycles. The maximum Gasteiger partial charge on any atom is 0.266 e. The minimum atomic E-state index is -0.485. The molecule has 5 nitrogen and oxygen atoms in total. The summed E-state index contributed by atoms with van der Waals surface area (Å²) in [5.41, 5.74) is 3.14. The minimum Gasteiger partial charge on any atom is -0.493 e. The molecule has 156 valence electrons. The zero-order valence-electron chi connectivity index (χ0n) is 17.2. The molecule has 0 aromatic heterocycles. The van der Waals surface area contributed by atoms with Gasteiger partial charge in [0.25, 0.3) is 5.91 Å². The van der Waals surface area contributed by atoms with E-state index < -0.39 is 5.91 Å². The van der Waals surface area contributed by atoms with Crippen LogP contribution in [0.1, 0.15) is 16.7 Å². The van der Waals surface area contributed by atoms with Crippen LogP contribution in [-0.4, -0.2) is 13.0 Å². The maximum atomic E-state index is 12.5. The molecule has 3 aromatic carbocycles. The number of anilines is 1. The van der Waals surface area contributed by atoms with Crippen molar-refractivity contribution < 1.29 is 14.3 Å². The largest absolute Gasteiger partial charge is 0.493 e. The van der Waals surface area contributed by atoms with Gasteiger partial charge >= 0.3 is 0 Å². The molecular weight excluding hydrogens is 412 g/mol. The van der Waals surface area contributed by atoms with Crippen LogP contribution in [-0.2, 0) is 11.4 Å². The van der Waals surface area contributed by atoms with Gasteiger partial charge in [0.2, 0.25) is 0 Å². The summed E-state index contributed by atoms with van der Waals surface area (Å²) in [5.74, 6) is 0.528. The Kier molecular flexibility index (Phi) is 7.31. The van der Waals surface area contributed by atoms with Crippen LogP contribution in [0.4, 0.5) is 5.69 Å². The predicted octanol–water partition coefficient (Wildman–Crippen LogP) is 5.78. The fraction of sp³-hybridized carbons (Fsp3) is 0.120. The van der Waals surface area contributed by atoms with E-state index in [1.165, 1.54) is 6.08 Å². The summed E-state index contributed by atoms with van der Waals surface area (Å²) >= 11 is 6.19. The molecule has 0 bridgehead atoms. The first kappa shape index (κ1) is 21.9. The van der Waals surface area contributed by atoms with Crippen LogP contribution in [0.15, 0.2) is 72.3 Å². The Balaban J connectivity index is 1.80. The van der Waals surface area contributed by atoms with Crippen molar-refractivity contribution in [1.82, 2.24) is 0 Å². The number of hydrogen-bond acceptors (Lipinski definition) is 4. The first-order chi connectivity index (χ1) is 15.0. The Bertz CT molecular complexity index is 1150. The number of amides is 1. The van der Waals surface area contributed by atoms with Gasteiger partial charge in [-0.05, 0) is 48.9 Å². The van der Waals surface area contributed by atoms with Crippen molar-refractivity contribution in [2.24, 2.45) is 0 Å². The lowest BCUT2D eigenvalue weighted by Crippen LogP contribution is -2.13. The van der Waals surface area contributed by atoms with E-state index in [4.69, 9.17) is 21.1 Å². The lowest BCUT2D eigenvalue weighted by Gasteiger charge is -2.12. The second-order valence-electron chi connectivity index (χ2n) is 6.78. The number of nitrogens with one attached hydrogen (secondary N) is 1. The highest BCUT2D eigenvalue weighted by Gasteiger charge is 2.12. The molecule has 31 heavy (non-hydrogen) atoms. The van der Waals surface area contributed by atoms with E-state index in [0.29, 0.717) is 27.8 Å². The summed E-state index contributed by atoms with van der Waals surface area (Å²) in [6, 6.07) is 21.9. The first-order valence-corrected chi connectivity index (χ1v) is 9.92. The summed E-state index contributed by atoms with van der Waals surface area (Å²) in [4.78, 5) is 12.5. The van der Waals surface area contributed by atoms with Gasteiger partial charge in [-0.3, -0.25) is 4.79 Å². The number of carbonyl (C=O) groups is 1. The molecule has 6 heteroatoms. The Labute approximate surface area is 186 Å². The van der Waals surface area contributed by atoms with Crippen molar-refractivity contribution in [2.75, 3.05) is 12.4 Å². The van der Waals surface area contributed by atoms with Gasteiger partial charge in [-0.15, -0.1) is 0 Å². The SMILES string of the molecule is COc1ccc(/C=C(\C#N)C(=O)Nc2ccc(C)cc2)cc1OCc1ccccc1Cl. The van der Waals surface area contributed by atoms with Crippen molar-refractivity contribution in [3.05, 3.63) is 94.0 Å². The molecule has 3 aromatic rings. The molecule has 0 atom stereocenters. The van der Waals surface area contributed by atoms with Crippen molar-refractivity contribution in [1.29, 1.82) is 5.26 Å². The van der Waals surface area contributed by atoms with Gasteiger partial charge in [-0.25, -0.2) is 0 Å². The highest BCUT2D eigenvalue weighted by atomic mass is 35.5. The molecule has 0 fully saturated rings. The fourth-order valence-electron chi connectivity index (χ4n) is 2.82. The summed E-state index contributed by atoms with van der Waals surface area (Å²) < 4.78 is 11.3. The van der Waals surface area contributed by atoms with Crippen molar-refractivity contribution in [3.8, 4) is 17.6 Å². The fourth-order valence-corrected chi connectivity index (χ4v) is 3.01. The van der Waals surface area contributed by atoms with Crippen LogP contribution in [0.3, 0.4) is 0 Å². The van der Waals surface area contributed by atoms with Crippen LogP contribution in [0, 0.1) is 18.3 Å². The van der Waals surface area contributed by atoms with Gasteiger partial charge in [-0.1, -0.05) is 53.6 Å². The van der Waals surface area contributed by atoms with Crippen LogP contribution in [0.5, 0.6) is 11.5 Å². The van der Waals surface area contributed by atoms with Crippen molar-refractivity contribution in [2.45, 2.75) is 13.5 Å². The number of aryl methyl sites for hydroxylation is 1. The molecule has 0 aliphatic rings. The monoisotopic (exact) mass is 432 g/mol. The summed E-state index contributed by atoms with van der Waals surface area (Å²) in [6.45, 7) is 2.21. The number of halogens is 1. The molecule has 0 unspecified atom stereocenters. The standard InChI is InChI=1S/C25H21ClN2O3/c1-17-7-10-21(11-8-17)28-25(29)20(15-27)13-18-9-12-23(30-2)24(14-18)31-16-19-5-3-4-6-22(19)26/h3-14H,16H2,1-2H3,(H,28,29)/b20-13+. The van der Waals surface area contributed by atoms with Gasteiger partial charge in [0.1, 0.15) is 18.2 Å². The number of ether oxygens (including phenoxy) is 2. The van der Waals surface area contributed by atoms with Gasteiger partial charge in [0.05, 0.1) is 7.11 Å². The minimum absolute atomic E-state index is 0.0252. The second kappa shape index (κ2) is 10.3. The predicted molar refractivity (Wildman–Crippen MR) is 122 cm³/mol. The Morgan fingerprint density at radius 2 is 1.84 bits per heavy atom. The highest BCUT2D eigenvalue weighted by molar-refractivity contribution is 6.31. The number of nitrogens with zero attached hydrogens (tertiary/aromatic N) is 1. The van der Waals surface area contributed by atoms with Crippen LogP contribution >= 0.6 is 11.6 Å². The zero-order valence-corrected chi connectivity index (χ0v) is 17.9. The average molecular weight is 433 g/mol. The Morgan fingerprint density at radius 3 is 2.52 bits per heavy atom. The summed E-state index contributed by atoms with van der Waals surface area (Å²) in [6.07, 6.45) is 1.51. The van der Waals surface area contributed by atoms with Crippen LogP contribution in [0.25, 0.3) is 6.08 Å². The van der Waals surface area contributed by atoms with Crippen molar-refractivity contribution in [3.63, 3.8) is 0 Å². The molecule has 1 N–H and O–H groups in total. The number of hydrogen-bond donors (Lipinski definition) is 1. The summed E-state index contributed by atoms with van der Waals surface area (Å²) in [5, 5.41) is 12.8. The average Bonchev–Trinajstić information content (AvgIpc) is 2.78. The van der Waals surface area contributed by atoms with Crippen molar-refractivity contribution >= 4 is 29.3 Å². The van der Waals surface area contributed by atoms with Gasteiger partial charge < -0.3 is 14.8 Å². The van der Waals surface area contributed by atoms with E-state index >= 15 is 0 Å². The number of rotatable bonds is 7. The lowest BCUT2D eigenvalue weighted by atomic mass is 10.1. The number of nitriles is 1. The molecule has 0 aliphatic carbocycles. The third-order valence-corrected chi connectivity index (χ3v) is 4.88. The van der Waals surface area contributed by atoms with Gasteiger partial charge in [0, 0.05) is 16.3 Å². The third kappa shape index (κ3) is 5.88. The second-order valence-corrected chi connectivity index (χ2v) is 7.19.